The van der Waals surface area contributed by atoms with Crippen molar-refractivity contribution in [2.75, 3.05) is 26.2 Å². The van der Waals surface area contributed by atoms with Crippen molar-refractivity contribution in [3.8, 4) is 0 Å². The van der Waals surface area contributed by atoms with Crippen LogP contribution in [0, 0.1) is 5.92 Å². The minimum atomic E-state index is 0.329. The number of piperidine rings is 1. The minimum Gasteiger partial charge on any atom is -0.373 e. The van der Waals surface area contributed by atoms with Crippen LogP contribution < -0.4 is 0 Å². The second-order valence-corrected chi connectivity index (χ2v) is 6.52. The fourth-order valence-corrected chi connectivity index (χ4v) is 3.39. The van der Waals surface area contributed by atoms with Crippen molar-refractivity contribution >= 4 is 5.91 Å². The predicted octanol–water partition coefficient (Wildman–Crippen LogP) is 1.74. The van der Waals surface area contributed by atoms with Crippen molar-refractivity contribution in [2.45, 2.75) is 58.8 Å². The molecular formula is C15H28N2O2. The zero-order valence-corrected chi connectivity index (χ0v) is 12.8. The standard InChI is InChI=1S/C15H28N2O2/c1-11(2)17-10-14(5-6-15(17)18)9-16-7-12(3)19-13(4)8-16/h11-14H,5-10H2,1-4H3/t12-,13+,14?. The molecule has 2 heterocycles. The molecule has 4 nitrogen and oxygen atoms in total. The van der Waals surface area contributed by atoms with Gasteiger partial charge in [-0.15, -0.1) is 0 Å². The molecule has 110 valence electrons. The topological polar surface area (TPSA) is 32.8 Å². The molecule has 0 aromatic rings. The van der Waals surface area contributed by atoms with E-state index in [4.69, 9.17) is 4.74 Å². The Bertz CT molecular complexity index is 309. The molecule has 0 spiro atoms. The molecule has 0 radical (unpaired) electrons. The minimum absolute atomic E-state index is 0.329. The molecular weight excluding hydrogens is 240 g/mol. The first-order valence-corrected chi connectivity index (χ1v) is 7.63. The van der Waals surface area contributed by atoms with Gasteiger partial charge in [0.25, 0.3) is 0 Å². The van der Waals surface area contributed by atoms with Gasteiger partial charge in [-0.2, -0.15) is 0 Å². The lowest BCUT2D eigenvalue weighted by molar-refractivity contribution is -0.137. The van der Waals surface area contributed by atoms with Crippen LogP contribution in [0.15, 0.2) is 0 Å². The Morgan fingerprint density at radius 2 is 1.84 bits per heavy atom. The summed E-state index contributed by atoms with van der Waals surface area (Å²) < 4.78 is 5.78. The highest BCUT2D eigenvalue weighted by molar-refractivity contribution is 5.77. The molecule has 3 atom stereocenters. The average Bonchev–Trinajstić information content (AvgIpc) is 2.30. The maximum absolute atomic E-state index is 11.9. The van der Waals surface area contributed by atoms with Gasteiger partial charge in [-0.25, -0.2) is 0 Å². The number of hydrogen-bond donors (Lipinski definition) is 0. The number of nitrogens with zero attached hydrogens (tertiary/aromatic N) is 2. The van der Waals surface area contributed by atoms with Crippen LogP contribution in [0.1, 0.15) is 40.5 Å². The van der Waals surface area contributed by atoms with Gasteiger partial charge in [-0.1, -0.05) is 0 Å². The quantitative estimate of drug-likeness (QED) is 0.781. The zero-order chi connectivity index (χ0) is 14.0. The van der Waals surface area contributed by atoms with Gasteiger partial charge >= 0.3 is 0 Å². The summed E-state index contributed by atoms with van der Waals surface area (Å²) in [6.45, 7) is 12.6. The SMILES string of the molecule is CC(C)N1CC(CN2C[C@@H](C)O[C@@H](C)C2)CCC1=O. The summed E-state index contributed by atoms with van der Waals surface area (Å²) in [5.41, 5.74) is 0. The lowest BCUT2D eigenvalue weighted by Crippen LogP contribution is -2.51. The van der Waals surface area contributed by atoms with E-state index in [1.807, 2.05) is 4.90 Å². The second-order valence-electron chi connectivity index (χ2n) is 6.52. The highest BCUT2D eigenvalue weighted by atomic mass is 16.5. The number of likely N-dealkylation sites (tertiary alicyclic amines) is 1. The van der Waals surface area contributed by atoms with Crippen molar-refractivity contribution in [3.63, 3.8) is 0 Å². The van der Waals surface area contributed by atoms with Gasteiger partial charge in [0.2, 0.25) is 5.91 Å². The largest absolute Gasteiger partial charge is 0.373 e. The number of ether oxygens (including phenoxy) is 1. The van der Waals surface area contributed by atoms with E-state index in [9.17, 15) is 4.79 Å². The van der Waals surface area contributed by atoms with Crippen LogP contribution in [0.4, 0.5) is 0 Å². The number of rotatable bonds is 3. The summed E-state index contributed by atoms with van der Waals surface area (Å²) in [5, 5.41) is 0. The molecule has 0 aliphatic carbocycles. The maximum atomic E-state index is 11.9. The van der Waals surface area contributed by atoms with Gasteiger partial charge in [-0.3, -0.25) is 9.69 Å². The molecule has 19 heavy (non-hydrogen) atoms. The molecule has 0 aromatic carbocycles. The molecule has 2 saturated heterocycles. The summed E-state index contributed by atoms with van der Waals surface area (Å²) in [6.07, 6.45) is 2.42. The fraction of sp³-hybridized carbons (Fsp3) is 0.933. The lowest BCUT2D eigenvalue weighted by Gasteiger charge is -2.40. The van der Waals surface area contributed by atoms with Gasteiger partial charge < -0.3 is 9.64 Å². The first-order chi connectivity index (χ1) is 8.95. The van der Waals surface area contributed by atoms with Crippen LogP contribution in [0.2, 0.25) is 0 Å². The molecule has 1 amide bonds. The van der Waals surface area contributed by atoms with E-state index in [1.165, 1.54) is 0 Å². The fourth-order valence-electron chi connectivity index (χ4n) is 3.39. The van der Waals surface area contributed by atoms with E-state index in [0.717, 1.165) is 39.0 Å². The smallest absolute Gasteiger partial charge is 0.222 e. The highest BCUT2D eigenvalue weighted by Gasteiger charge is 2.30. The van der Waals surface area contributed by atoms with Crippen LogP contribution in [-0.2, 0) is 9.53 Å². The van der Waals surface area contributed by atoms with Crippen LogP contribution in [-0.4, -0.2) is 60.1 Å². The van der Waals surface area contributed by atoms with E-state index in [-0.39, 0.29) is 0 Å². The van der Waals surface area contributed by atoms with Crippen LogP contribution >= 0.6 is 0 Å². The summed E-state index contributed by atoms with van der Waals surface area (Å²) in [6, 6.07) is 0.331. The molecule has 0 N–H and O–H groups in total. The molecule has 2 rings (SSSR count). The van der Waals surface area contributed by atoms with Gasteiger partial charge in [0.15, 0.2) is 0 Å². The van der Waals surface area contributed by atoms with E-state index in [1.54, 1.807) is 0 Å². The van der Waals surface area contributed by atoms with E-state index in [2.05, 4.69) is 32.6 Å². The van der Waals surface area contributed by atoms with Crippen LogP contribution in [0.25, 0.3) is 0 Å². The highest BCUT2D eigenvalue weighted by Crippen LogP contribution is 2.22. The molecule has 2 fully saturated rings. The maximum Gasteiger partial charge on any atom is 0.222 e. The Morgan fingerprint density at radius 3 is 2.42 bits per heavy atom. The van der Waals surface area contributed by atoms with E-state index < -0.39 is 0 Å². The second kappa shape index (κ2) is 6.23. The first kappa shape index (κ1) is 14.8. The molecule has 2 aliphatic rings. The third-order valence-electron chi connectivity index (χ3n) is 4.18. The molecule has 0 bridgehead atoms. The Morgan fingerprint density at radius 1 is 1.21 bits per heavy atom. The van der Waals surface area contributed by atoms with Gasteiger partial charge in [-0.05, 0) is 40.0 Å². The Balaban J connectivity index is 1.87. The Kier molecular flexibility index (Phi) is 4.85. The Labute approximate surface area is 117 Å². The van der Waals surface area contributed by atoms with Crippen molar-refractivity contribution in [1.82, 2.24) is 9.80 Å². The third-order valence-corrected chi connectivity index (χ3v) is 4.18. The summed E-state index contributed by atoms with van der Waals surface area (Å²) >= 11 is 0. The van der Waals surface area contributed by atoms with Gasteiger partial charge in [0.1, 0.15) is 0 Å². The number of carbonyl (C=O) groups is 1. The zero-order valence-electron chi connectivity index (χ0n) is 12.8. The first-order valence-electron chi connectivity index (χ1n) is 7.63. The molecule has 0 aromatic heterocycles. The number of morpholine rings is 1. The van der Waals surface area contributed by atoms with Gasteiger partial charge in [0, 0.05) is 38.6 Å². The molecule has 4 heteroatoms. The summed E-state index contributed by atoms with van der Waals surface area (Å²) in [7, 11) is 0. The normalized spacial score (nSPS) is 34.1. The summed E-state index contributed by atoms with van der Waals surface area (Å²) in [5.74, 6) is 0.951. The van der Waals surface area contributed by atoms with Crippen LogP contribution in [0.3, 0.4) is 0 Å². The van der Waals surface area contributed by atoms with Crippen molar-refractivity contribution in [3.05, 3.63) is 0 Å². The lowest BCUT2D eigenvalue weighted by atomic mass is 9.95. The van der Waals surface area contributed by atoms with Crippen molar-refractivity contribution in [2.24, 2.45) is 5.92 Å². The number of amides is 1. The predicted molar refractivity (Wildman–Crippen MR) is 76.0 cm³/mol. The molecule has 1 unspecified atom stereocenters. The molecule has 2 aliphatic heterocycles. The van der Waals surface area contributed by atoms with Crippen LogP contribution in [0.5, 0.6) is 0 Å². The van der Waals surface area contributed by atoms with Crippen molar-refractivity contribution < 1.29 is 9.53 Å². The van der Waals surface area contributed by atoms with Gasteiger partial charge in [0.05, 0.1) is 12.2 Å². The number of hydrogen-bond acceptors (Lipinski definition) is 3. The van der Waals surface area contributed by atoms with Crippen molar-refractivity contribution in [1.29, 1.82) is 0 Å². The van der Waals surface area contributed by atoms with E-state index >= 15 is 0 Å². The monoisotopic (exact) mass is 268 g/mol. The Hall–Kier alpha value is -0.610. The summed E-state index contributed by atoms with van der Waals surface area (Å²) in [4.78, 5) is 16.4. The average molecular weight is 268 g/mol. The van der Waals surface area contributed by atoms with E-state index in [0.29, 0.717) is 30.1 Å². The number of carbonyl (C=O) groups excluding carboxylic acids is 1. The third kappa shape index (κ3) is 3.93. The molecule has 0 saturated carbocycles.